The van der Waals surface area contributed by atoms with Gasteiger partial charge in [-0.05, 0) is 37.3 Å². The van der Waals surface area contributed by atoms with E-state index in [-0.39, 0.29) is 5.91 Å². The number of rotatable bonds is 4. The van der Waals surface area contributed by atoms with Gasteiger partial charge >= 0.3 is 0 Å². The van der Waals surface area contributed by atoms with Gasteiger partial charge in [0.25, 0.3) is 5.91 Å². The monoisotopic (exact) mass is 320 g/mol. The molecule has 23 heavy (non-hydrogen) atoms. The lowest BCUT2D eigenvalue weighted by molar-refractivity contribution is 0.0240. The smallest absolute Gasteiger partial charge is 0.289 e. The fraction of sp³-hybridized carbons (Fsp3) is 0.722. The van der Waals surface area contributed by atoms with Crippen LogP contribution < -0.4 is 0 Å². The summed E-state index contributed by atoms with van der Waals surface area (Å²) < 4.78 is 11.1. The van der Waals surface area contributed by atoms with Crippen molar-refractivity contribution < 1.29 is 13.9 Å². The Bertz CT molecular complexity index is 526. The SMILES string of the molecule is CCc1oc(C(=O)N2CCC(CN3CCOCC3)CC2)cc1C. The van der Waals surface area contributed by atoms with E-state index in [2.05, 4.69) is 11.8 Å². The van der Waals surface area contributed by atoms with Crippen molar-refractivity contribution in [1.29, 1.82) is 0 Å². The molecule has 0 saturated carbocycles. The van der Waals surface area contributed by atoms with Crippen LogP contribution in [0.15, 0.2) is 10.5 Å². The third-order valence-corrected chi connectivity index (χ3v) is 5.07. The maximum atomic E-state index is 12.6. The number of piperidine rings is 1. The number of carbonyl (C=O) groups excluding carboxylic acids is 1. The molecular formula is C18H28N2O3. The zero-order valence-electron chi connectivity index (χ0n) is 14.3. The lowest BCUT2D eigenvalue weighted by Gasteiger charge is -2.35. The summed E-state index contributed by atoms with van der Waals surface area (Å²) in [5.41, 5.74) is 1.08. The van der Waals surface area contributed by atoms with E-state index in [0.29, 0.717) is 11.7 Å². The quantitative estimate of drug-likeness (QED) is 0.854. The van der Waals surface area contributed by atoms with Gasteiger partial charge in [0, 0.05) is 39.1 Å². The van der Waals surface area contributed by atoms with Crippen molar-refractivity contribution in [2.75, 3.05) is 45.9 Å². The topological polar surface area (TPSA) is 45.9 Å². The van der Waals surface area contributed by atoms with Crippen LogP contribution in [0.4, 0.5) is 0 Å². The Balaban J connectivity index is 1.50. The molecule has 0 aromatic carbocycles. The molecule has 2 fully saturated rings. The van der Waals surface area contributed by atoms with Gasteiger partial charge in [-0.25, -0.2) is 0 Å². The molecule has 2 aliphatic heterocycles. The summed E-state index contributed by atoms with van der Waals surface area (Å²) in [6.45, 7) is 10.7. The maximum absolute atomic E-state index is 12.6. The summed E-state index contributed by atoms with van der Waals surface area (Å²) in [5.74, 6) is 2.18. The van der Waals surface area contributed by atoms with Crippen LogP contribution >= 0.6 is 0 Å². The van der Waals surface area contributed by atoms with Crippen molar-refractivity contribution >= 4 is 5.91 Å². The summed E-state index contributed by atoms with van der Waals surface area (Å²) in [7, 11) is 0. The van der Waals surface area contributed by atoms with Gasteiger partial charge in [-0.2, -0.15) is 0 Å². The average molecular weight is 320 g/mol. The Morgan fingerprint density at radius 3 is 2.52 bits per heavy atom. The van der Waals surface area contributed by atoms with Crippen LogP contribution in [0, 0.1) is 12.8 Å². The highest BCUT2D eigenvalue weighted by Crippen LogP contribution is 2.22. The predicted molar refractivity (Wildman–Crippen MR) is 88.7 cm³/mol. The van der Waals surface area contributed by atoms with E-state index in [9.17, 15) is 4.79 Å². The minimum absolute atomic E-state index is 0.0534. The molecule has 1 aromatic rings. The third kappa shape index (κ3) is 3.96. The van der Waals surface area contributed by atoms with Gasteiger partial charge in [-0.15, -0.1) is 0 Å². The number of furan rings is 1. The van der Waals surface area contributed by atoms with Crippen LogP contribution in [-0.2, 0) is 11.2 Å². The lowest BCUT2D eigenvalue weighted by Crippen LogP contribution is -2.44. The van der Waals surface area contributed by atoms with Crippen molar-refractivity contribution in [2.24, 2.45) is 5.92 Å². The highest BCUT2D eigenvalue weighted by molar-refractivity contribution is 5.91. The Labute approximate surface area is 138 Å². The first kappa shape index (κ1) is 16.5. The molecule has 3 rings (SSSR count). The minimum Gasteiger partial charge on any atom is -0.456 e. The van der Waals surface area contributed by atoms with Crippen LogP contribution in [0.25, 0.3) is 0 Å². The minimum atomic E-state index is 0.0534. The highest BCUT2D eigenvalue weighted by atomic mass is 16.5. The number of hydrogen-bond acceptors (Lipinski definition) is 4. The van der Waals surface area contributed by atoms with Crippen molar-refractivity contribution in [3.05, 3.63) is 23.2 Å². The average Bonchev–Trinajstić information content (AvgIpc) is 2.97. The van der Waals surface area contributed by atoms with Crippen LogP contribution in [0.3, 0.4) is 0 Å². The van der Waals surface area contributed by atoms with Crippen molar-refractivity contribution in [1.82, 2.24) is 9.80 Å². The molecule has 2 aliphatic rings. The summed E-state index contributed by atoms with van der Waals surface area (Å²) >= 11 is 0. The van der Waals surface area contributed by atoms with Crippen LogP contribution in [0.2, 0.25) is 0 Å². The second-order valence-corrected chi connectivity index (χ2v) is 6.72. The normalized spacial score (nSPS) is 20.9. The van der Waals surface area contributed by atoms with E-state index in [1.165, 1.54) is 0 Å². The van der Waals surface area contributed by atoms with Gasteiger partial charge in [-0.3, -0.25) is 9.69 Å². The zero-order chi connectivity index (χ0) is 16.2. The largest absolute Gasteiger partial charge is 0.456 e. The molecule has 128 valence electrons. The number of carbonyl (C=O) groups is 1. The molecule has 5 nitrogen and oxygen atoms in total. The van der Waals surface area contributed by atoms with Crippen molar-refractivity contribution in [3.8, 4) is 0 Å². The maximum Gasteiger partial charge on any atom is 0.289 e. The van der Waals surface area contributed by atoms with E-state index in [4.69, 9.17) is 9.15 Å². The van der Waals surface area contributed by atoms with E-state index in [1.54, 1.807) is 0 Å². The first-order valence-corrected chi connectivity index (χ1v) is 8.86. The van der Waals surface area contributed by atoms with Crippen LogP contribution in [-0.4, -0.2) is 61.6 Å². The molecule has 0 N–H and O–H groups in total. The van der Waals surface area contributed by atoms with E-state index in [1.807, 2.05) is 17.9 Å². The van der Waals surface area contributed by atoms with Gasteiger partial charge in [0.15, 0.2) is 5.76 Å². The van der Waals surface area contributed by atoms with E-state index < -0.39 is 0 Å². The number of nitrogens with zero attached hydrogens (tertiary/aromatic N) is 2. The zero-order valence-corrected chi connectivity index (χ0v) is 14.3. The van der Waals surface area contributed by atoms with Gasteiger partial charge in [-0.1, -0.05) is 6.92 Å². The molecule has 1 aromatic heterocycles. The Morgan fingerprint density at radius 2 is 1.91 bits per heavy atom. The van der Waals surface area contributed by atoms with Gasteiger partial charge in [0.1, 0.15) is 5.76 Å². The van der Waals surface area contributed by atoms with Crippen LogP contribution in [0.5, 0.6) is 0 Å². The summed E-state index contributed by atoms with van der Waals surface area (Å²) in [6, 6.07) is 1.89. The summed E-state index contributed by atoms with van der Waals surface area (Å²) in [5, 5.41) is 0. The van der Waals surface area contributed by atoms with Gasteiger partial charge in [0.05, 0.1) is 13.2 Å². The fourth-order valence-corrected chi connectivity index (χ4v) is 3.60. The number of ether oxygens (including phenoxy) is 1. The van der Waals surface area contributed by atoms with Crippen LogP contribution in [0.1, 0.15) is 41.6 Å². The first-order chi connectivity index (χ1) is 11.2. The van der Waals surface area contributed by atoms with Gasteiger partial charge in [0.2, 0.25) is 0 Å². The molecule has 0 spiro atoms. The van der Waals surface area contributed by atoms with Crippen molar-refractivity contribution in [2.45, 2.75) is 33.1 Å². The highest BCUT2D eigenvalue weighted by Gasteiger charge is 2.27. The number of aryl methyl sites for hydroxylation is 2. The molecular weight excluding hydrogens is 292 g/mol. The molecule has 0 atom stereocenters. The van der Waals surface area contributed by atoms with E-state index >= 15 is 0 Å². The molecule has 0 radical (unpaired) electrons. The molecule has 0 bridgehead atoms. The molecule has 3 heterocycles. The molecule has 0 unspecified atom stereocenters. The second kappa shape index (κ2) is 7.49. The molecule has 1 amide bonds. The predicted octanol–water partition coefficient (Wildman–Crippen LogP) is 2.33. The number of amides is 1. The molecule has 2 saturated heterocycles. The molecule has 5 heteroatoms. The second-order valence-electron chi connectivity index (χ2n) is 6.72. The lowest BCUT2D eigenvalue weighted by atomic mass is 9.96. The molecule has 0 aliphatic carbocycles. The Kier molecular flexibility index (Phi) is 5.38. The third-order valence-electron chi connectivity index (χ3n) is 5.07. The van der Waals surface area contributed by atoms with Gasteiger partial charge < -0.3 is 14.1 Å². The first-order valence-electron chi connectivity index (χ1n) is 8.86. The Hall–Kier alpha value is -1.33. The Morgan fingerprint density at radius 1 is 1.22 bits per heavy atom. The summed E-state index contributed by atoms with van der Waals surface area (Å²) in [4.78, 5) is 17.0. The summed E-state index contributed by atoms with van der Waals surface area (Å²) in [6.07, 6.45) is 3.01. The standard InChI is InChI=1S/C18H28N2O3/c1-3-16-14(2)12-17(23-16)18(21)20-6-4-15(5-7-20)13-19-8-10-22-11-9-19/h12,15H,3-11,13H2,1-2H3. The number of hydrogen-bond donors (Lipinski definition) is 0. The number of likely N-dealkylation sites (tertiary alicyclic amines) is 1. The van der Waals surface area contributed by atoms with Crippen molar-refractivity contribution in [3.63, 3.8) is 0 Å². The van der Waals surface area contributed by atoms with E-state index in [0.717, 1.165) is 76.5 Å². The number of morpholine rings is 1. The fourth-order valence-electron chi connectivity index (χ4n) is 3.60.